The van der Waals surface area contributed by atoms with E-state index >= 15 is 0 Å². The van der Waals surface area contributed by atoms with Gasteiger partial charge in [0.25, 0.3) is 5.91 Å². The number of aromatic amines is 2. The van der Waals surface area contributed by atoms with E-state index in [0.717, 1.165) is 22.2 Å². The minimum atomic E-state index is -3.67. The van der Waals surface area contributed by atoms with E-state index in [2.05, 4.69) is 15.0 Å². The van der Waals surface area contributed by atoms with E-state index < -0.39 is 10.0 Å². The molecule has 1 aliphatic heterocycles. The second-order valence-corrected chi connectivity index (χ2v) is 9.79. The Labute approximate surface area is 179 Å². The van der Waals surface area contributed by atoms with Crippen molar-refractivity contribution >= 4 is 37.9 Å². The molecule has 5 rings (SSSR count). The molecule has 0 radical (unpaired) electrons. The molecule has 0 aliphatic carbocycles. The van der Waals surface area contributed by atoms with E-state index in [1.165, 1.54) is 10.5 Å². The molecule has 1 fully saturated rings. The van der Waals surface area contributed by atoms with Crippen molar-refractivity contribution in [2.24, 2.45) is 0 Å². The van der Waals surface area contributed by atoms with E-state index in [4.69, 9.17) is 0 Å². The van der Waals surface area contributed by atoms with Gasteiger partial charge in [-0.15, -0.1) is 0 Å². The van der Waals surface area contributed by atoms with Gasteiger partial charge in [-0.2, -0.15) is 4.31 Å². The maximum absolute atomic E-state index is 13.2. The molecule has 0 bridgehead atoms. The van der Waals surface area contributed by atoms with Crippen LogP contribution in [0.3, 0.4) is 0 Å². The fourth-order valence-electron chi connectivity index (χ4n) is 4.19. The number of sulfonamides is 1. The summed E-state index contributed by atoms with van der Waals surface area (Å²) in [7, 11) is -3.67. The van der Waals surface area contributed by atoms with Crippen molar-refractivity contribution < 1.29 is 13.2 Å². The van der Waals surface area contributed by atoms with Crippen molar-refractivity contribution in [3.05, 3.63) is 59.5 Å². The highest BCUT2D eigenvalue weighted by Gasteiger charge is 2.32. The number of benzene rings is 1. The molecule has 0 spiro atoms. The largest absolute Gasteiger partial charge is 0.358 e. The molecule has 4 heterocycles. The molecule has 1 aromatic carbocycles. The predicted molar refractivity (Wildman–Crippen MR) is 119 cm³/mol. The third kappa shape index (κ3) is 3.21. The molecule has 3 aromatic heterocycles. The van der Waals surface area contributed by atoms with Gasteiger partial charge >= 0.3 is 0 Å². The number of rotatable bonds is 3. The summed E-state index contributed by atoms with van der Waals surface area (Å²) in [6.07, 6.45) is 3.11. The Morgan fingerprint density at radius 2 is 1.84 bits per heavy atom. The molecule has 1 saturated heterocycles. The fraction of sp³-hybridized carbons (Fsp3) is 0.273. The number of carbonyl (C=O) groups is 1. The first-order valence-electron chi connectivity index (χ1n) is 10.2. The minimum absolute atomic E-state index is 0.0755. The molecule has 1 aliphatic rings. The van der Waals surface area contributed by atoms with Crippen LogP contribution in [0.1, 0.15) is 21.6 Å². The van der Waals surface area contributed by atoms with Crippen molar-refractivity contribution in [3.63, 3.8) is 0 Å². The first kappa shape index (κ1) is 19.8. The van der Waals surface area contributed by atoms with E-state index in [-0.39, 0.29) is 23.9 Å². The molecule has 0 atom stereocenters. The van der Waals surface area contributed by atoms with E-state index in [1.807, 2.05) is 32.0 Å². The maximum Gasteiger partial charge on any atom is 0.253 e. The molecule has 4 aromatic rings. The van der Waals surface area contributed by atoms with Crippen LogP contribution < -0.4 is 0 Å². The van der Waals surface area contributed by atoms with E-state index in [0.29, 0.717) is 29.7 Å². The first-order valence-corrected chi connectivity index (χ1v) is 11.6. The van der Waals surface area contributed by atoms with Crippen molar-refractivity contribution in [3.8, 4) is 0 Å². The number of pyridine rings is 1. The Hall–Kier alpha value is -3.17. The quantitative estimate of drug-likeness (QED) is 0.514. The van der Waals surface area contributed by atoms with Gasteiger partial charge in [0.15, 0.2) is 0 Å². The Morgan fingerprint density at radius 1 is 1.06 bits per heavy atom. The molecule has 8 nitrogen and oxygen atoms in total. The van der Waals surface area contributed by atoms with Gasteiger partial charge in [-0.1, -0.05) is 0 Å². The number of aryl methyl sites for hydroxylation is 2. The number of carbonyl (C=O) groups excluding carboxylic acids is 1. The molecule has 160 valence electrons. The number of fused-ring (bicyclic) bond motifs is 2. The van der Waals surface area contributed by atoms with Crippen LogP contribution in [0.15, 0.2) is 47.6 Å². The highest BCUT2D eigenvalue weighted by Crippen LogP contribution is 2.26. The van der Waals surface area contributed by atoms with Crippen molar-refractivity contribution in [1.82, 2.24) is 24.2 Å². The van der Waals surface area contributed by atoms with E-state index in [1.54, 1.807) is 23.2 Å². The third-order valence-electron chi connectivity index (χ3n) is 6.11. The van der Waals surface area contributed by atoms with Gasteiger partial charge < -0.3 is 14.9 Å². The van der Waals surface area contributed by atoms with Gasteiger partial charge in [-0.25, -0.2) is 13.4 Å². The standard InChI is InChI=1S/C22H23N5O3S/c1-14-15(2)25-19-6-5-16(12-18(14)19)22(28)26-8-10-27(11-9-26)31(29,30)20-13-24-21-17(20)4-3-7-23-21/h3-7,12-13,25H,8-11H2,1-2H3,(H,23,24). The normalized spacial score (nSPS) is 15.7. The zero-order chi connectivity index (χ0) is 21.8. The monoisotopic (exact) mass is 437 g/mol. The molecular weight excluding hydrogens is 414 g/mol. The van der Waals surface area contributed by atoms with Crippen LogP contribution in [0.5, 0.6) is 0 Å². The lowest BCUT2D eigenvalue weighted by Crippen LogP contribution is -2.50. The summed E-state index contributed by atoms with van der Waals surface area (Å²) >= 11 is 0. The molecule has 9 heteroatoms. The Kier molecular flexibility index (Phi) is 4.60. The number of piperazine rings is 1. The van der Waals surface area contributed by atoms with Crippen LogP contribution >= 0.6 is 0 Å². The highest BCUT2D eigenvalue weighted by molar-refractivity contribution is 7.89. The molecule has 31 heavy (non-hydrogen) atoms. The zero-order valence-corrected chi connectivity index (χ0v) is 18.2. The van der Waals surface area contributed by atoms with Crippen LogP contribution in [-0.2, 0) is 10.0 Å². The summed E-state index contributed by atoms with van der Waals surface area (Å²) in [6.45, 7) is 5.26. The van der Waals surface area contributed by atoms with Crippen LogP contribution in [0.2, 0.25) is 0 Å². The summed E-state index contributed by atoms with van der Waals surface area (Å²) < 4.78 is 27.8. The second-order valence-electron chi connectivity index (χ2n) is 7.88. The second kappa shape index (κ2) is 7.21. The highest BCUT2D eigenvalue weighted by atomic mass is 32.2. The molecule has 0 unspecified atom stereocenters. The van der Waals surface area contributed by atoms with Crippen LogP contribution in [0.25, 0.3) is 21.9 Å². The summed E-state index contributed by atoms with van der Waals surface area (Å²) in [5.41, 5.74) is 4.39. The van der Waals surface area contributed by atoms with Crippen LogP contribution in [-0.4, -0.2) is 64.7 Å². The van der Waals surface area contributed by atoms with Crippen molar-refractivity contribution in [1.29, 1.82) is 0 Å². The molecule has 2 N–H and O–H groups in total. The zero-order valence-electron chi connectivity index (χ0n) is 17.3. The molecule has 0 saturated carbocycles. The van der Waals surface area contributed by atoms with Crippen molar-refractivity contribution in [2.45, 2.75) is 18.7 Å². The number of aromatic nitrogens is 3. The minimum Gasteiger partial charge on any atom is -0.358 e. The summed E-state index contributed by atoms with van der Waals surface area (Å²) in [5, 5.41) is 1.61. The number of amides is 1. The predicted octanol–water partition coefficient (Wildman–Crippen LogP) is 2.81. The van der Waals surface area contributed by atoms with Crippen molar-refractivity contribution in [2.75, 3.05) is 26.2 Å². The lowest BCUT2D eigenvalue weighted by Gasteiger charge is -2.34. The average Bonchev–Trinajstić information content (AvgIpc) is 3.34. The SMILES string of the molecule is Cc1[nH]c2ccc(C(=O)N3CCN(S(=O)(=O)c4c[nH]c5ncccc45)CC3)cc2c1C. The maximum atomic E-state index is 13.2. The van der Waals surface area contributed by atoms with E-state index in [9.17, 15) is 13.2 Å². The number of nitrogens with zero attached hydrogens (tertiary/aromatic N) is 3. The first-order chi connectivity index (χ1) is 14.9. The fourth-order valence-corrected chi connectivity index (χ4v) is 5.76. The van der Waals surface area contributed by atoms with Crippen LogP contribution in [0.4, 0.5) is 0 Å². The Morgan fingerprint density at radius 3 is 2.61 bits per heavy atom. The van der Waals surface area contributed by atoms with Crippen LogP contribution in [0, 0.1) is 13.8 Å². The third-order valence-corrected chi connectivity index (χ3v) is 8.05. The van der Waals surface area contributed by atoms with Gasteiger partial charge in [-0.3, -0.25) is 4.79 Å². The number of nitrogens with one attached hydrogen (secondary N) is 2. The van der Waals surface area contributed by atoms with Gasteiger partial charge in [0.05, 0.1) is 0 Å². The summed E-state index contributed by atoms with van der Waals surface area (Å²) in [4.78, 5) is 25.4. The number of H-pyrrole nitrogens is 2. The topological polar surface area (TPSA) is 102 Å². The van der Waals surface area contributed by atoms with Gasteiger partial charge in [0.1, 0.15) is 10.5 Å². The Bertz CT molecular complexity index is 1410. The summed E-state index contributed by atoms with van der Waals surface area (Å²) in [6, 6.07) is 9.12. The summed E-state index contributed by atoms with van der Waals surface area (Å²) in [5.74, 6) is -0.0755. The number of hydrogen-bond donors (Lipinski definition) is 2. The lowest BCUT2D eigenvalue weighted by molar-refractivity contribution is 0.0698. The molecule has 1 amide bonds. The smallest absolute Gasteiger partial charge is 0.253 e. The Balaban J connectivity index is 1.34. The molecular formula is C22H23N5O3S. The van der Waals surface area contributed by atoms with Gasteiger partial charge in [0, 0.05) is 66.1 Å². The van der Waals surface area contributed by atoms with Gasteiger partial charge in [0.2, 0.25) is 10.0 Å². The number of hydrogen-bond acceptors (Lipinski definition) is 4. The van der Waals surface area contributed by atoms with Gasteiger partial charge in [-0.05, 0) is 49.7 Å². The average molecular weight is 438 g/mol. The lowest BCUT2D eigenvalue weighted by atomic mass is 10.1.